The largest absolute Gasteiger partial charge is 0.477 e. The van der Waals surface area contributed by atoms with Gasteiger partial charge in [0.25, 0.3) is 11.8 Å². The van der Waals surface area contributed by atoms with Crippen molar-refractivity contribution in [3.05, 3.63) is 32.8 Å². The summed E-state index contributed by atoms with van der Waals surface area (Å²) >= 11 is 6.45. The Labute approximate surface area is 200 Å². The molecule has 4 rings (SSSR count). The summed E-state index contributed by atoms with van der Waals surface area (Å²) < 4.78 is 4.67. The molecule has 1 saturated heterocycles. The number of rotatable bonds is 9. The number of carbonyl (C=O) groups is 3. The Kier molecular flexibility index (Phi) is 6.99. The molecule has 2 aliphatic rings. The Morgan fingerprint density at radius 3 is 2.88 bits per heavy atom. The number of carboxylic acids is 1. The zero-order chi connectivity index (χ0) is 22.8. The highest BCUT2D eigenvalue weighted by Crippen LogP contribution is 2.44. The molecule has 0 bridgehead atoms. The molecule has 2 aromatic rings. The lowest BCUT2D eigenvalue weighted by atomic mass is 10.0. The summed E-state index contributed by atoms with van der Waals surface area (Å²) in [5.41, 5.74) is 5.54. The van der Waals surface area contributed by atoms with E-state index >= 15 is 0 Å². The highest BCUT2D eigenvalue weighted by molar-refractivity contribution is 8.19. The van der Waals surface area contributed by atoms with Crippen molar-refractivity contribution in [1.82, 2.24) is 24.8 Å². The molecule has 3 atom stereocenters. The molecule has 0 aliphatic carbocycles. The lowest BCUT2D eigenvalue weighted by Gasteiger charge is -2.49. The first-order valence-electron chi connectivity index (χ1n) is 8.68. The third-order valence-electron chi connectivity index (χ3n) is 4.38. The monoisotopic (exact) mass is 531 g/mol. The van der Waals surface area contributed by atoms with Crippen molar-refractivity contribution in [3.63, 3.8) is 0 Å². The number of β-lactam (4-membered cyclic amide) rings is 1. The van der Waals surface area contributed by atoms with Crippen LogP contribution in [0.25, 0.3) is 0 Å². The van der Waals surface area contributed by atoms with Gasteiger partial charge in [-0.15, -0.1) is 56.6 Å². The molecule has 1 fully saturated rings. The van der Waals surface area contributed by atoms with Gasteiger partial charge in [-0.3, -0.25) is 14.5 Å². The molecule has 2 amide bonds. The average Bonchev–Trinajstić information content (AvgIpc) is 3.44. The van der Waals surface area contributed by atoms with E-state index in [1.54, 1.807) is 6.20 Å². The molecule has 12 nitrogen and oxygen atoms in total. The number of nitrogens with two attached hydrogens (primary N) is 1. The minimum Gasteiger partial charge on any atom is -0.477 e. The minimum atomic E-state index is -1.45. The van der Waals surface area contributed by atoms with E-state index < -0.39 is 35.2 Å². The standard InChI is InChI=1S/C15H13N7O5S5/c16-15-18-5(2-29-15)8(20-27)11(23)19-9-12(24)22-10(14(25)26)6(3-28-13(9)22)30-4-31-7-1-17-21-32-7/h1-2,8-9,13H,3-4H2,(H2,16,18)(H,19,23)(H,25,26)/t8?,9-,13+/m1/s1. The van der Waals surface area contributed by atoms with Crippen molar-refractivity contribution in [2.24, 2.45) is 5.18 Å². The third-order valence-corrected chi connectivity index (χ3v) is 9.59. The van der Waals surface area contributed by atoms with Crippen LogP contribution >= 0.6 is 58.2 Å². The van der Waals surface area contributed by atoms with Crippen LogP contribution in [0.3, 0.4) is 0 Å². The van der Waals surface area contributed by atoms with Gasteiger partial charge in [-0.05, 0) is 16.7 Å². The van der Waals surface area contributed by atoms with Crippen molar-refractivity contribution >= 4 is 81.1 Å². The number of anilines is 1. The number of hydrogen-bond donors (Lipinski definition) is 3. The van der Waals surface area contributed by atoms with Crippen LogP contribution < -0.4 is 11.1 Å². The van der Waals surface area contributed by atoms with Crippen LogP contribution in [-0.4, -0.2) is 64.6 Å². The van der Waals surface area contributed by atoms with Crippen molar-refractivity contribution in [1.29, 1.82) is 0 Å². The summed E-state index contributed by atoms with van der Waals surface area (Å²) in [4.78, 5) is 54.0. The highest BCUT2D eigenvalue weighted by Gasteiger charge is 2.54. The number of amides is 2. The maximum atomic E-state index is 12.7. The molecule has 1 unspecified atom stereocenters. The summed E-state index contributed by atoms with van der Waals surface area (Å²) in [6.45, 7) is 0. The normalized spacial score (nSPS) is 21.0. The maximum absolute atomic E-state index is 12.7. The fourth-order valence-corrected chi connectivity index (χ4v) is 8.02. The van der Waals surface area contributed by atoms with Gasteiger partial charge in [0.1, 0.15) is 21.3 Å². The Balaban J connectivity index is 1.43. The van der Waals surface area contributed by atoms with Gasteiger partial charge in [0.15, 0.2) is 5.13 Å². The fourth-order valence-electron chi connectivity index (χ4n) is 2.98. The molecule has 2 aromatic heterocycles. The van der Waals surface area contributed by atoms with E-state index in [9.17, 15) is 24.4 Å². The van der Waals surface area contributed by atoms with Crippen LogP contribution in [0.15, 0.2) is 31.6 Å². The van der Waals surface area contributed by atoms with Gasteiger partial charge in [-0.1, -0.05) is 4.49 Å². The van der Waals surface area contributed by atoms with Gasteiger partial charge < -0.3 is 16.2 Å². The smallest absolute Gasteiger partial charge is 0.353 e. The van der Waals surface area contributed by atoms with E-state index in [1.165, 1.54) is 57.1 Å². The van der Waals surface area contributed by atoms with E-state index in [4.69, 9.17) is 5.73 Å². The number of carboxylic acid groups (broad SMARTS) is 1. The summed E-state index contributed by atoms with van der Waals surface area (Å²) in [7, 11) is 0. The van der Waals surface area contributed by atoms with Crippen LogP contribution in [0.4, 0.5) is 5.13 Å². The Morgan fingerprint density at radius 1 is 1.44 bits per heavy atom. The van der Waals surface area contributed by atoms with E-state index in [0.717, 1.165) is 15.5 Å². The zero-order valence-electron chi connectivity index (χ0n) is 15.7. The van der Waals surface area contributed by atoms with Crippen molar-refractivity contribution < 1.29 is 19.5 Å². The number of aliphatic carboxylic acids is 1. The topological polar surface area (TPSA) is 181 Å². The van der Waals surface area contributed by atoms with Gasteiger partial charge in [0.2, 0.25) is 6.04 Å². The summed E-state index contributed by atoms with van der Waals surface area (Å²) in [6.07, 6.45) is 1.63. The van der Waals surface area contributed by atoms with Gasteiger partial charge in [0, 0.05) is 21.1 Å². The predicted octanol–water partition coefficient (Wildman–Crippen LogP) is 1.56. The van der Waals surface area contributed by atoms with Crippen LogP contribution in [0.5, 0.6) is 0 Å². The number of nitrogen functional groups attached to an aromatic ring is 1. The maximum Gasteiger partial charge on any atom is 0.353 e. The summed E-state index contributed by atoms with van der Waals surface area (Å²) in [5.74, 6) is -2.20. The number of fused-ring (bicyclic) bond motifs is 1. The zero-order valence-corrected chi connectivity index (χ0v) is 19.8. The molecule has 4 N–H and O–H groups in total. The fraction of sp³-hybridized carbons (Fsp3) is 0.333. The average molecular weight is 532 g/mol. The molecular weight excluding hydrogens is 519 g/mol. The second-order valence-corrected chi connectivity index (χ2v) is 11.7. The van der Waals surface area contributed by atoms with E-state index in [2.05, 4.69) is 25.1 Å². The number of aromatic nitrogens is 3. The van der Waals surface area contributed by atoms with Crippen molar-refractivity contribution in [3.8, 4) is 0 Å². The SMILES string of the molecule is Nc1nc(C(N=O)C(=O)N[C@@H]2C(=O)N3C(C(=O)O)=C(SCSc4cnns4)CS[C@@H]23)cs1. The Bertz CT molecular complexity index is 1090. The Morgan fingerprint density at radius 2 is 2.25 bits per heavy atom. The van der Waals surface area contributed by atoms with Crippen LogP contribution in [0, 0.1) is 4.91 Å². The number of nitrogens with one attached hydrogen (secondary N) is 1. The number of thioether (sulfide) groups is 3. The number of nitrogens with zero attached hydrogens (tertiary/aromatic N) is 5. The number of nitroso groups, excluding NO2 is 1. The summed E-state index contributed by atoms with van der Waals surface area (Å²) in [6, 6.07) is -2.41. The summed E-state index contributed by atoms with van der Waals surface area (Å²) in [5, 5.41) is 20.3. The van der Waals surface area contributed by atoms with Gasteiger partial charge >= 0.3 is 5.97 Å². The first-order valence-corrected chi connectivity index (χ1v) is 13.4. The van der Waals surface area contributed by atoms with Gasteiger partial charge in [-0.25, -0.2) is 9.78 Å². The number of hydrogen-bond acceptors (Lipinski definition) is 14. The predicted molar refractivity (Wildman–Crippen MR) is 123 cm³/mol. The van der Waals surface area contributed by atoms with Crippen LogP contribution in [-0.2, 0) is 14.4 Å². The quantitative estimate of drug-likeness (QED) is 0.184. The lowest BCUT2D eigenvalue weighted by Crippen LogP contribution is -2.70. The van der Waals surface area contributed by atoms with Crippen LogP contribution in [0.2, 0.25) is 0 Å². The molecule has 2 aliphatic heterocycles. The molecule has 168 valence electrons. The first-order chi connectivity index (χ1) is 15.4. The van der Waals surface area contributed by atoms with Gasteiger partial charge in [0.05, 0.1) is 11.9 Å². The van der Waals surface area contributed by atoms with E-state index in [-0.39, 0.29) is 16.5 Å². The Hall–Kier alpha value is -2.21. The molecule has 0 aromatic carbocycles. The second-order valence-electron chi connectivity index (χ2n) is 6.23. The third kappa shape index (κ3) is 4.47. The molecule has 0 radical (unpaired) electrons. The minimum absolute atomic E-state index is 0.0883. The molecule has 17 heteroatoms. The van der Waals surface area contributed by atoms with Crippen molar-refractivity contribution in [2.75, 3.05) is 16.6 Å². The van der Waals surface area contributed by atoms with Crippen LogP contribution in [0.1, 0.15) is 11.7 Å². The molecule has 0 saturated carbocycles. The first kappa shape index (κ1) is 23.0. The number of thiazole rings is 1. The second kappa shape index (κ2) is 9.74. The molecule has 32 heavy (non-hydrogen) atoms. The van der Waals surface area contributed by atoms with E-state index in [1.807, 2.05) is 0 Å². The molecule has 0 spiro atoms. The number of carbonyl (C=O) groups excluding carboxylic acids is 2. The lowest BCUT2D eigenvalue weighted by molar-refractivity contribution is -0.150. The highest BCUT2D eigenvalue weighted by atomic mass is 32.2. The van der Waals surface area contributed by atoms with Gasteiger partial charge in [-0.2, -0.15) is 0 Å². The van der Waals surface area contributed by atoms with Crippen molar-refractivity contribution in [2.45, 2.75) is 21.7 Å². The molecule has 4 heterocycles. The molecular formula is C15H13N7O5S5. The van der Waals surface area contributed by atoms with E-state index in [0.29, 0.717) is 15.7 Å².